The van der Waals surface area contributed by atoms with Gasteiger partial charge in [0.25, 0.3) is 0 Å². The molecule has 0 radical (unpaired) electrons. The Kier molecular flexibility index (Phi) is 4.72. The van der Waals surface area contributed by atoms with Gasteiger partial charge < -0.3 is 11.1 Å². The lowest BCUT2D eigenvalue weighted by Crippen LogP contribution is -2.34. The highest BCUT2D eigenvalue weighted by Crippen LogP contribution is 2.30. The Morgan fingerprint density at radius 2 is 1.96 bits per heavy atom. The fraction of sp³-hybridized carbons (Fsp3) is 0.316. The zero-order chi connectivity index (χ0) is 16.2. The van der Waals surface area contributed by atoms with E-state index in [0.29, 0.717) is 12.0 Å². The first-order valence-electron chi connectivity index (χ1n) is 7.99. The fourth-order valence-corrected chi connectivity index (χ4v) is 3.22. The van der Waals surface area contributed by atoms with Crippen molar-refractivity contribution in [3.63, 3.8) is 0 Å². The van der Waals surface area contributed by atoms with Crippen LogP contribution in [-0.4, -0.2) is 11.9 Å². The van der Waals surface area contributed by atoms with Gasteiger partial charge in [-0.3, -0.25) is 4.79 Å². The minimum Gasteiger partial charge on any atom is -0.349 e. The average Bonchev–Trinajstić information content (AvgIpc) is 2.93. The van der Waals surface area contributed by atoms with Crippen molar-refractivity contribution in [3.8, 4) is 0 Å². The maximum absolute atomic E-state index is 13.6. The SMILES string of the molecule is N[C@@H](CC(=O)N[C@@H]1CCc2ccccc21)Cc1ccccc1F. The van der Waals surface area contributed by atoms with E-state index >= 15 is 0 Å². The third-order valence-electron chi connectivity index (χ3n) is 4.36. The minimum atomic E-state index is -0.386. The van der Waals surface area contributed by atoms with Gasteiger partial charge in [0.2, 0.25) is 5.91 Å². The zero-order valence-electron chi connectivity index (χ0n) is 13.0. The van der Waals surface area contributed by atoms with Gasteiger partial charge in [-0.2, -0.15) is 0 Å². The van der Waals surface area contributed by atoms with Gasteiger partial charge >= 0.3 is 0 Å². The third-order valence-corrected chi connectivity index (χ3v) is 4.36. The van der Waals surface area contributed by atoms with E-state index in [2.05, 4.69) is 17.4 Å². The molecular weight excluding hydrogens is 291 g/mol. The highest BCUT2D eigenvalue weighted by molar-refractivity contribution is 5.77. The van der Waals surface area contributed by atoms with E-state index in [0.717, 1.165) is 12.8 Å². The number of rotatable bonds is 5. The van der Waals surface area contributed by atoms with Crippen LogP contribution in [-0.2, 0) is 17.6 Å². The van der Waals surface area contributed by atoms with E-state index in [4.69, 9.17) is 5.73 Å². The van der Waals surface area contributed by atoms with Crippen molar-refractivity contribution in [1.29, 1.82) is 0 Å². The van der Waals surface area contributed by atoms with E-state index in [9.17, 15) is 9.18 Å². The minimum absolute atomic E-state index is 0.0689. The molecule has 0 aromatic heterocycles. The molecule has 0 fully saturated rings. The van der Waals surface area contributed by atoms with E-state index in [1.54, 1.807) is 18.2 Å². The molecule has 0 bridgehead atoms. The Morgan fingerprint density at radius 1 is 1.22 bits per heavy atom. The van der Waals surface area contributed by atoms with Gasteiger partial charge in [-0.15, -0.1) is 0 Å². The summed E-state index contributed by atoms with van der Waals surface area (Å²) in [4.78, 5) is 12.2. The van der Waals surface area contributed by atoms with Crippen molar-refractivity contribution in [3.05, 3.63) is 71.0 Å². The molecule has 1 aliphatic rings. The second-order valence-electron chi connectivity index (χ2n) is 6.12. The van der Waals surface area contributed by atoms with Crippen molar-refractivity contribution < 1.29 is 9.18 Å². The van der Waals surface area contributed by atoms with Crippen LogP contribution in [0, 0.1) is 5.82 Å². The highest BCUT2D eigenvalue weighted by Gasteiger charge is 2.24. The fourth-order valence-electron chi connectivity index (χ4n) is 3.22. The summed E-state index contributed by atoms with van der Waals surface area (Å²) in [6.07, 6.45) is 2.48. The second-order valence-corrected chi connectivity index (χ2v) is 6.12. The standard InChI is InChI=1S/C19H21FN2O/c20-17-8-4-2-6-14(17)11-15(21)12-19(23)22-18-10-9-13-5-1-3-7-16(13)18/h1-8,15,18H,9-12,21H2,(H,22,23)/t15-,18-/m1/s1. The van der Waals surface area contributed by atoms with Crippen LogP contribution in [0.3, 0.4) is 0 Å². The van der Waals surface area contributed by atoms with E-state index in [1.807, 2.05) is 12.1 Å². The first kappa shape index (κ1) is 15.7. The van der Waals surface area contributed by atoms with E-state index < -0.39 is 0 Å². The number of aryl methyl sites for hydroxylation is 1. The van der Waals surface area contributed by atoms with Gasteiger partial charge in [0, 0.05) is 12.5 Å². The number of carbonyl (C=O) groups excluding carboxylic acids is 1. The largest absolute Gasteiger partial charge is 0.349 e. The predicted octanol–water partition coefficient (Wildman–Crippen LogP) is 2.89. The van der Waals surface area contributed by atoms with Crippen molar-refractivity contribution >= 4 is 5.91 Å². The number of nitrogens with one attached hydrogen (secondary N) is 1. The van der Waals surface area contributed by atoms with Crippen LogP contribution in [0.1, 0.15) is 35.6 Å². The summed E-state index contributed by atoms with van der Waals surface area (Å²) in [7, 11) is 0. The first-order chi connectivity index (χ1) is 11.1. The highest BCUT2D eigenvalue weighted by atomic mass is 19.1. The maximum Gasteiger partial charge on any atom is 0.222 e. The van der Waals surface area contributed by atoms with Crippen molar-refractivity contribution in [2.75, 3.05) is 0 Å². The molecule has 0 spiro atoms. The Morgan fingerprint density at radius 3 is 2.78 bits per heavy atom. The zero-order valence-corrected chi connectivity index (χ0v) is 13.0. The van der Waals surface area contributed by atoms with Gasteiger partial charge in [-0.05, 0) is 42.0 Å². The maximum atomic E-state index is 13.6. The van der Waals surface area contributed by atoms with E-state index in [1.165, 1.54) is 17.2 Å². The van der Waals surface area contributed by atoms with Crippen LogP contribution >= 0.6 is 0 Å². The second kappa shape index (κ2) is 6.92. The molecule has 0 saturated carbocycles. The topological polar surface area (TPSA) is 55.1 Å². The normalized spacial score (nSPS) is 17.6. The quantitative estimate of drug-likeness (QED) is 0.892. The molecule has 2 aromatic rings. The summed E-state index contributed by atoms with van der Waals surface area (Å²) in [5.74, 6) is -0.344. The summed E-state index contributed by atoms with van der Waals surface area (Å²) in [6.45, 7) is 0. The van der Waals surface area contributed by atoms with Gasteiger partial charge in [0.05, 0.1) is 6.04 Å². The monoisotopic (exact) mass is 312 g/mol. The van der Waals surface area contributed by atoms with Crippen LogP contribution in [0.4, 0.5) is 4.39 Å². The molecular formula is C19H21FN2O. The van der Waals surface area contributed by atoms with Crippen LogP contribution in [0.15, 0.2) is 48.5 Å². The van der Waals surface area contributed by atoms with Gasteiger partial charge in [-0.1, -0.05) is 42.5 Å². The van der Waals surface area contributed by atoms with Crippen molar-refractivity contribution in [1.82, 2.24) is 5.32 Å². The molecule has 3 rings (SSSR count). The summed E-state index contributed by atoms with van der Waals surface area (Å²) in [5, 5.41) is 3.05. The van der Waals surface area contributed by atoms with Crippen molar-refractivity contribution in [2.45, 2.75) is 37.8 Å². The molecule has 3 nitrogen and oxygen atoms in total. The van der Waals surface area contributed by atoms with E-state index in [-0.39, 0.29) is 30.2 Å². The predicted molar refractivity (Wildman–Crippen MR) is 88.3 cm³/mol. The Hall–Kier alpha value is -2.20. The van der Waals surface area contributed by atoms with Gasteiger partial charge in [0.15, 0.2) is 0 Å². The molecule has 4 heteroatoms. The molecule has 0 saturated heterocycles. The number of halogens is 1. The Bertz CT molecular complexity index is 701. The van der Waals surface area contributed by atoms with Gasteiger partial charge in [0.1, 0.15) is 5.82 Å². The first-order valence-corrected chi connectivity index (χ1v) is 7.99. The third kappa shape index (κ3) is 3.77. The lowest BCUT2D eigenvalue weighted by Gasteiger charge is -2.17. The number of hydrogen-bond donors (Lipinski definition) is 2. The molecule has 2 atom stereocenters. The number of carbonyl (C=O) groups is 1. The number of amides is 1. The molecule has 2 aromatic carbocycles. The molecule has 3 N–H and O–H groups in total. The molecule has 0 aliphatic heterocycles. The molecule has 1 amide bonds. The molecule has 0 unspecified atom stereocenters. The summed E-state index contributed by atoms with van der Waals surface area (Å²) in [6, 6.07) is 14.4. The van der Waals surface area contributed by atoms with Crippen molar-refractivity contribution in [2.24, 2.45) is 5.73 Å². The molecule has 0 heterocycles. The smallest absolute Gasteiger partial charge is 0.222 e. The van der Waals surface area contributed by atoms with Crippen LogP contribution < -0.4 is 11.1 Å². The van der Waals surface area contributed by atoms with Gasteiger partial charge in [-0.25, -0.2) is 4.39 Å². The Labute approximate surface area is 135 Å². The number of fused-ring (bicyclic) bond motifs is 1. The number of hydrogen-bond acceptors (Lipinski definition) is 2. The summed E-state index contributed by atoms with van der Waals surface area (Å²) >= 11 is 0. The van der Waals surface area contributed by atoms with Crippen LogP contribution in [0.25, 0.3) is 0 Å². The van der Waals surface area contributed by atoms with Crippen LogP contribution in [0.2, 0.25) is 0 Å². The lowest BCUT2D eigenvalue weighted by molar-refractivity contribution is -0.122. The Balaban J connectivity index is 1.55. The summed E-state index contributed by atoms with van der Waals surface area (Å²) in [5.41, 5.74) is 9.07. The molecule has 23 heavy (non-hydrogen) atoms. The average molecular weight is 312 g/mol. The summed E-state index contributed by atoms with van der Waals surface area (Å²) < 4.78 is 13.6. The molecule has 1 aliphatic carbocycles. The van der Waals surface area contributed by atoms with Crippen LogP contribution in [0.5, 0.6) is 0 Å². The molecule has 120 valence electrons. The number of nitrogens with two attached hydrogens (primary N) is 1. The lowest BCUT2D eigenvalue weighted by atomic mass is 10.0. The number of benzene rings is 2.